The van der Waals surface area contributed by atoms with E-state index < -0.39 is 128 Å². The summed E-state index contributed by atoms with van der Waals surface area (Å²) in [7, 11) is 0. The van der Waals surface area contributed by atoms with Gasteiger partial charge in [0, 0.05) is 0 Å². The molecule has 0 bridgehead atoms. The van der Waals surface area contributed by atoms with Crippen molar-refractivity contribution >= 4 is 47.8 Å². The average Bonchev–Trinajstić information content (AvgIpc) is 2.90. The van der Waals surface area contributed by atoms with Crippen molar-refractivity contribution in [1.82, 2.24) is 0 Å². The molecule has 0 aliphatic heterocycles. The van der Waals surface area contributed by atoms with Gasteiger partial charge in [-0.25, -0.2) is 24.0 Å². The van der Waals surface area contributed by atoms with E-state index in [1.807, 2.05) is 0 Å². The summed E-state index contributed by atoms with van der Waals surface area (Å²) in [5.74, 6) is -17.6. The molecule has 0 radical (unpaired) electrons. The monoisotopic (exact) mass is 648 g/mol. The number of rotatable bonds is 20. The molecule has 12 N–H and O–H groups in total. The molecule has 250 valence electrons. The first-order valence-electron chi connectivity index (χ1n) is 11.6. The van der Waals surface area contributed by atoms with E-state index in [0.717, 1.165) is 0 Å². The first kappa shape index (κ1) is 39.5. The Morgan fingerprint density at radius 2 is 1.16 bits per heavy atom. The summed E-state index contributed by atoms with van der Waals surface area (Å²) in [5, 5.41) is 113. The Bertz CT molecular complexity index is 1100. The molecule has 0 aromatic rings. The fraction of sp³-hybridized carbons (Fsp3) is 0.619. The van der Waals surface area contributed by atoms with Crippen LogP contribution < -0.4 is 0 Å². The van der Waals surface area contributed by atoms with Gasteiger partial charge in [0.15, 0.2) is 11.7 Å². The number of aliphatic hydroxyl groups is 7. The first-order chi connectivity index (χ1) is 20.1. The molecule has 0 aromatic carbocycles. The highest BCUT2D eigenvalue weighted by molar-refractivity contribution is 5.92. The van der Waals surface area contributed by atoms with E-state index in [1.54, 1.807) is 0 Å². The van der Waals surface area contributed by atoms with Crippen LogP contribution in [0.4, 0.5) is 0 Å². The van der Waals surface area contributed by atoms with Gasteiger partial charge >= 0.3 is 47.8 Å². The summed E-state index contributed by atoms with van der Waals surface area (Å²) in [6.45, 7) is -1.21. The number of aliphatic carboxylic acids is 5. The lowest BCUT2D eigenvalue weighted by atomic mass is 9.96. The fourth-order valence-corrected chi connectivity index (χ4v) is 2.97. The van der Waals surface area contributed by atoms with Gasteiger partial charge in [-0.1, -0.05) is 0 Å². The summed E-state index contributed by atoms with van der Waals surface area (Å²) in [6.07, 6.45) is -27.3. The van der Waals surface area contributed by atoms with Crippen molar-refractivity contribution < 1.29 is 114 Å². The van der Waals surface area contributed by atoms with Gasteiger partial charge in [0.25, 0.3) is 0 Å². The topological polar surface area (TPSA) is 407 Å². The van der Waals surface area contributed by atoms with Crippen LogP contribution in [0.2, 0.25) is 0 Å². The van der Waals surface area contributed by atoms with Crippen LogP contribution >= 0.6 is 0 Å². The highest BCUT2D eigenvalue weighted by atomic mass is 16.6. The van der Waals surface area contributed by atoms with Crippen molar-refractivity contribution in [2.45, 2.75) is 73.7 Å². The second-order valence-electron chi connectivity index (χ2n) is 8.72. The molecule has 0 aromatic heterocycles. The number of esters is 3. The number of hydrogen-bond donors (Lipinski definition) is 12. The number of carbonyl (C=O) groups is 8. The van der Waals surface area contributed by atoms with E-state index in [1.165, 1.54) is 0 Å². The van der Waals surface area contributed by atoms with Gasteiger partial charge in [-0.15, -0.1) is 0 Å². The molecule has 44 heavy (non-hydrogen) atoms. The van der Waals surface area contributed by atoms with Crippen LogP contribution in [0.1, 0.15) is 19.3 Å². The van der Waals surface area contributed by atoms with E-state index in [-0.39, 0.29) is 0 Å². The normalized spacial score (nSPS) is 18.0. The fourth-order valence-electron chi connectivity index (χ4n) is 2.97. The molecule has 5 unspecified atom stereocenters. The van der Waals surface area contributed by atoms with Crippen LogP contribution in [0.15, 0.2) is 0 Å². The van der Waals surface area contributed by atoms with Gasteiger partial charge in [-0.2, -0.15) is 0 Å². The Labute approximate surface area is 242 Å². The van der Waals surface area contributed by atoms with Gasteiger partial charge in [-0.3, -0.25) is 14.4 Å². The third-order valence-corrected chi connectivity index (χ3v) is 5.27. The zero-order valence-electron chi connectivity index (χ0n) is 21.8. The Morgan fingerprint density at radius 1 is 0.614 bits per heavy atom. The van der Waals surface area contributed by atoms with E-state index in [4.69, 9.17) is 25.5 Å². The summed E-state index contributed by atoms with van der Waals surface area (Å²) >= 11 is 0. The molecular weight excluding hydrogens is 620 g/mol. The van der Waals surface area contributed by atoms with Gasteiger partial charge in [0.2, 0.25) is 18.3 Å². The molecule has 0 aliphatic carbocycles. The van der Waals surface area contributed by atoms with Gasteiger partial charge in [-0.05, 0) is 0 Å². The second-order valence-corrected chi connectivity index (χ2v) is 8.72. The van der Waals surface area contributed by atoms with Crippen molar-refractivity contribution in [3.8, 4) is 0 Å². The number of carbonyl (C=O) groups excluding carboxylic acids is 3. The quantitative estimate of drug-likeness (QED) is 0.0431. The molecule has 0 rings (SSSR count). The Morgan fingerprint density at radius 3 is 1.57 bits per heavy atom. The SMILES string of the molecule is O=C(O)CC(OC(=O)C(OC(=O)[C@H](O)[C@@H](O)[C@H](O)[C@H](O)C(O)CO)C(OC(=O)CC(O)(CC(=O)O)C(=O)O)C(=O)O)C(=O)O. The van der Waals surface area contributed by atoms with Gasteiger partial charge < -0.3 is 75.5 Å². The lowest BCUT2D eigenvalue weighted by Gasteiger charge is -2.29. The minimum absolute atomic E-state index is 1.21. The van der Waals surface area contributed by atoms with Crippen molar-refractivity contribution in [2.24, 2.45) is 0 Å². The number of hydrogen-bond acceptors (Lipinski definition) is 18. The van der Waals surface area contributed by atoms with E-state index in [2.05, 4.69) is 14.2 Å². The molecular formula is C21H28O23. The van der Waals surface area contributed by atoms with E-state index in [9.17, 15) is 74.1 Å². The molecule has 0 aliphatic rings. The predicted octanol–water partition coefficient (Wildman–Crippen LogP) is -7.16. The van der Waals surface area contributed by atoms with Crippen molar-refractivity contribution in [3.63, 3.8) is 0 Å². The van der Waals surface area contributed by atoms with Crippen LogP contribution in [0.3, 0.4) is 0 Å². The summed E-state index contributed by atoms with van der Waals surface area (Å²) in [4.78, 5) is 93.6. The standard InChI is InChI=1S/C21H28O23/c22-4-5(23)10(29)11(30)12(31)13(32)18(37)44-15(19(38)42-6(16(33)34)1-7(24)25)14(17(35)36)43-9(28)3-21(41,20(39)40)2-8(26)27/h5-6,10-15,22-23,29-32,41H,1-4H2,(H,24,25)(H,26,27)(H,33,34)(H,35,36)(H,39,40)/t5?,6?,10-,11-,12+,13-,14?,15?,21?/m1/s1. The van der Waals surface area contributed by atoms with Crippen molar-refractivity contribution in [3.05, 3.63) is 0 Å². The summed E-state index contributed by atoms with van der Waals surface area (Å²) in [5.41, 5.74) is -3.44. The lowest BCUT2D eigenvalue weighted by Crippen LogP contribution is -2.54. The average molecular weight is 648 g/mol. The van der Waals surface area contributed by atoms with Gasteiger partial charge in [0.1, 0.15) is 24.4 Å². The molecule has 0 fully saturated rings. The third kappa shape index (κ3) is 11.6. The van der Waals surface area contributed by atoms with Crippen LogP contribution in [0.5, 0.6) is 0 Å². The molecule has 0 spiro atoms. The van der Waals surface area contributed by atoms with Crippen LogP contribution in [-0.4, -0.2) is 170 Å². The summed E-state index contributed by atoms with van der Waals surface area (Å²) < 4.78 is 13.0. The van der Waals surface area contributed by atoms with Crippen LogP contribution in [-0.2, 0) is 52.6 Å². The largest absolute Gasteiger partial charge is 0.481 e. The Balaban J connectivity index is 6.47. The predicted molar refractivity (Wildman–Crippen MR) is 124 cm³/mol. The van der Waals surface area contributed by atoms with Crippen molar-refractivity contribution in [2.75, 3.05) is 6.61 Å². The maximum atomic E-state index is 12.7. The maximum absolute atomic E-state index is 12.7. The zero-order chi connectivity index (χ0) is 34.7. The zero-order valence-corrected chi connectivity index (χ0v) is 21.8. The Hall–Kier alpha value is -4.52. The molecule has 23 heteroatoms. The minimum Gasteiger partial charge on any atom is -0.481 e. The number of carboxylic acid groups (broad SMARTS) is 5. The third-order valence-electron chi connectivity index (χ3n) is 5.27. The first-order valence-corrected chi connectivity index (χ1v) is 11.6. The highest BCUT2D eigenvalue weighted by Crippen LogP contribution is 2.20. The van der Waals surface area contributed by atoms with E-state index >= 15 is 0 Å². The molecule has 0 saturated carbocycles. The Kier molecular flexibility index (Phi) is 15.2. The van der Waals surface area contributed by atoms with E-state index in [0.29, 0.717) is 0 Å². The number of ether oxygens (including phenoxy) is 3. The van der Waals surface area contributed by atoms with Gasteiger partial charge in [0.05, 0.1) is 25.9 Å². The van der Waals surface area contributed by atoms with Crippen LogP contribution in [0.25, 0.3) is 0 Å². The minimum atomic E-state index is -3.44. The summed E-state index contributed by atoms with van der Waals surface area (Å²) in [6, 6.07) is 0. The molecule has 23 nitrogen and oxygen atoms in total. The molecule has 9 atom stereocenters. The second kappa shape index (κ2) is 16.9. The highest BCUT2D eigenvalue weighted by Gasteiger charge is 2.48. The maximum Gasteiger partial charge on any atom is 0.352 e. The molecule has 0 heterocycles. The lowest BCUT2D eigenvalue weighted by molar-refractivity contribution is -0.203. The number of carboxylic acids is 5. The van der Waals surface area contributed by atoms with Crippen LogP contribution in [0, 0.1) is 0 Å². The smallest absolute Gasteiger partial charge is 0.352 e. The number of aliphatic hydroxyl groups excluding tert-OH is 6. The van der Waals surface area contributed by atoms with Crippen molar-refractivity contribution in [1.29, 1.82) is 0 Å². The molecule has 0 amide bonds. The molecule has 0 saturated heterocycles.